The van der Waals surface area contributed by atoms with E-state index in [0.717, 1.165) is 11.3 Å². The molecule has 0 spiro atoms. The SMILES string of the molecule is CCOC(=O)CS(=O)(=O)CC(=O)c1cc(Cl)sc1Cl. The topological polar surface area (TPSA) is 77.5 Å². The van der Waals surface area contributed by atoms with Gasteiger partial charge >= 0.3 is 5.97 Å². The number of hydrogen-bond acceptors (Lipinski definition) is 6. The number of esters is 1. The van der Waals surface area contributed by atoms with Crippen molar-refractivity contribution >= 4 is 56.1 Å². The minimum Gasteiger partial charge on any atom is -0.465 e. The highest BCUT2D eigenvalue weighted by Gasteiger charge is 2.24. The molecule has 0 saturated heterocycles. The highest BCUT2D eigenvalue weighted by atomic mass is 35.5. The number of carbonyl (C=O) groups excluding carboxylic acids is 2. The van der Waals surface area contributed by atoms with Crippen molar-refractivity contribution < 1.29 is 22.7 Å². The third-order valence-corrected chi connectivity index (χ3v) is 4.82. The van der Waals surface area contributed by atoms with Gasteiger partial charge < -0.3 is 4.74 Å². The Morgan fingerprint density at radius 3 is 2.42 bits per heavy atom. The number of sulfone groups is 1. The third-order valence-electron chi connectivity index (χ3n) is 1.95. The summed E-state index contributed by atoms with van der Waals surface area (Å²) in [5, 5.41) is 0. The summed E-state index contributed by atoms with van der Waals surface area (Å²) in [6.45, 7) is 1.64. The number of thiophene rings is 1. The van der Waals surface area contributed by atoms with Crippen molar-refractivity contribution in [1.29, 1.82) is 0 Å². The molecule has 0 aliphatic heterocycles. The number of carbonyl (C=O) groups is 2. The summed E-state index contributed by atoms with van der Waals surface area (Å²) in [6.07, 6.45) is 0. The quantitative estimate of drug-likeness (QED) is 0.584. The maximum absolute atomic E-state index is 11.8. The molecule has 0 unspecified atom stereocenters. The zero-order valence-corrected chi connectivity index (χ0v) is 13.0. The molecular formula is C10H10Cl2O5S2. The van der Waals surface area contributed by atoms with E-state index in [1.807, 2.05) is 0 Å². The number of ether oxygens (including phenoxy) is 1. The van der Waals surface area contributed by atoms with Crippen molar-refractivity contribution in [2.75, 3.05) is 18.1 Å². The third kappa shape index (κ3) is 5.10. The molecule has 1 aromatic heterocycles. The van der Waals surface area contributed by atoms with Gasteiger partial charge in [0.05, 0.1) is 10.9 Å². The number of rotatable bonds is 6. The Hall–Kier alpha value is -0.630. The van der Waals surface area contributed by atoms with Crippen molar-refractivity contribution in [3.8, 4) is 0 Å². The van der Waals surface area contributed by atoms with Crippen LogP contribution in [0.2, 0.25) is 8.67 Å². The van der Waals surface area contributed by atoms with Crippen molar-refractivity contribution in [3.05, 3.63) is 20.3 Å². The number of halogens is 2. The molecule has 0 aliphatic carbocycles. The zero-order chi connectivity index (χ0) is 14.6. The zero-order valence-electron chi connectivity index (χ0n) is 9.81. The maximum atomic E-state index is 11.8. The normalized spacial score (nSPS) is 11.3. The van der Waals surface area contributed by atoms with E-state index in [4.69, 9.17) is 23.2 Å². The molecule has 0 fully saturated rings. The van der Waals surface area contributed by atoms with Gasteiger partial charge in [0.15, 0.2) is 15.6 Å². The van der Waals surface area contributed by atoms with E-state index < -0.39 is 33.1 Å². The average Bonchev–Trinajstić information content (AvgIpc) is 2.56. The van der Waals surface area contributed by atoms with Gasteiger partial charge in [-0.15, -0.1) is 11.3 Å². The second kappa shape index (κ2) is 6.69. The highest BCUT2D eigenvalue weighted by Crippen LogP contribution is 2.31. The second-order valence-electron chi connectivity index (χ2n) is 3.50. The van der Waals surface area contributed by atoms with Gasteiger partial charge in [0.1, 0.15) is 15.8 Å². The van der Waals surface area contributed by atoms with Gasteiger partial charge in [0, 0.05) is 5.56 Å². The van der Waals surface area contributed by atoms with Crippen LogP contribution in [0.1, 0.15) is 17.3 Å². The van der Waals surface area contributed by atoms with Gasteiger partial charge in [-0.1, -0.05) is 23.2 Å². The lowest BCUT2D eigenvalue weighted by Crippen LogP contribution is -2.25. The first-order valence-corrected chi connectivity index (χ1v) is 8.48. The summed E-state index contributed by atoms with van der Waals surface area (Å²) in [6, 6.07) is 1.30. The van der Waals surface area contributed by atoms with Crippen LogP contribution >= 0.6 is 34.5 Å². The van der Waals surface area contributed by atoms with Gasteiger partial charge in [-0.05, 0) is 13.0 Å². The van der Waals surface area contributed by atoms with Crippen LogP contribution in [0, 0.1) is 0 Å². The molecule has 1 rings (SSSR count). The second-order valence-corrected chi connectivity index (χ2v) is 7.85. The molecule has 0 bridgehead atoms. The first-order valence-electron chi connectivity index (χ1n) is 5.09. The van der Waals surface area contributed by atoms with Crippen molar-refractivity contribution in [1.82, 2.24) is 0 Å². The Morgan fingerprint density at radius 1 is 1.32 bits per heavy atom. The van der Waals surface area contributed by atoms with E-state index in [9.17, 15) is 18.0 Å². The van der Waals surface area contributed by atoms with E-state index in [0.29, 0.717) is 0 Å². The van der Waals surface area contributed by atoms with Crippen LogP contribution in [-0.4, -0.2) is 38.3 Å². The van der Waals surface area contributed by atoms with Crippen molar-refractivity contribution in [2.24, 2.45) is 0 Å². The summed E-state index contributed by atoms with van der Waals surface area (Å²) < 4.78 is 28.2. The van der Waals surface area contributed by atoms with Gasteiger partial charge in [-0.25, -0.2) is 8.42 Å². The summed E-state index contributed by atoms with van der Waals surface area (Å²) in [7, 11) is -3.88. The van der Waals surface area contributed by atoms with Crippen LogP contribution in [0.4, 0.5) is 0 Å². The van der Waals surface area contributed by atoms with E-state index in [-0.39, 0.29) is 20.8 Å². The van der Waals surface area contributed by atoms with E-state index in [1.54, 1.807) is 6.92 Å². The Kier molecular flexibility index (Phi) is 5.79. The lowest BCUT2D eigenvalue weighted by Gasteiger charge is -2.03. The molecule has 0 N–H and O–H groups in total. The molecule has 0 radical (unpaired) electrons. The Labute approximate surface area is 124 Å². The first kappa shape index (κ1) is 16.4. The Morgan fingerprint density at radius 2 is 1.95 bits per heavy atom. The molecule has 0 aliphatic rings. The molecular weight excluding hydrogens is 335 g/mol. The molecule has 0 atom stereocenters. The first-order chi connectivity index (χ1) is 8.75. The van der Waals surface area contributed by atoms with Crippen molar-refractivity contribution in [2.45, 2.75) is 6.92 Å². The monoisotopic (exact) mass is 344 g/mol. The number of ketones is 1. The summed E-state index contributed by atoms with van der Waals surface area (Å²) >= 11 is 12.4. The van der Waals surface area contributed by atoms with Gasteiger partial charge in [0.2, 0.25) is 0 Å². The van der Waals surface area contributed by atoms with E-state index in [2.05, 4.69) is 4.74 Å². The Bertz CT molecular complexity index is 591. The number of Topliss-reactive ketones (excluding diaryl/α,β-unsaturated/α-hetero) is 1. The van der Waals surface area contributed by atoms with Crippen LogP contribution < -0.4 is 0 Å². The fraction of sp³-hybridized carbons (Fsp3) is 0.400. The van der Waals surface area contributed by atoms with Gasteiger partial charge in [-0.2, -0.15) is 0 Å². The Balaban J connectivity index is 2.76. The van der Waals surface area contributed by atoms with Crippen molar-refractivity contribution in [3.63, 3.8) is 0 Å². The van der Waals surface area contributed by atoms with E-state index in [1.165, 1.54) is 6.07 Å². The highest BCUT2D eigenvalue weighted by molar-refractivity contribution is 7.92. The molecule has 9 heteroatoms. The average molecular weight is 345 g/mol. The molecule has 0 amide bonds. The summed E-state index contributed by atoms with van der Waals surface area (Å²) in [5.41, 5.74) is 0.0455. The number of hydrogen-bond donors (Lipinski definition) is 0. The van der Waals surface area contributed by atoms with Crippen LogP contribution in [0.15, 0.2) is 6.07 Å². The van der Waals surface area contributed by atoms with Gasteiger partial charge in [0.25, 0.3) is 0 Å². The van der Waals surface area contributed by atoms with Crippen LogP contribution in [0.5, 0.6) is 0 Å². The standard InChI is InChI=1S/C10H10Cl2O5S2/c1-2-17-9(14)5-19(15,16)4-7(13)6-3-8(11)18-10(6)12/h3H,2,4-5H2,1H3. The van der Waals surface area contributed by atoms with Crippen LogP contribution in [0.25, 0.3) is 0 Å². The van der Waals surface area contributed by atoms with Crippen LogP contribution in [-0.2, 0) is 19.4 Å². The smallest absolute Gasteiger partial charge is 0.321 e. The van der Waals surface area contributed by atoms with E-state index >= 15 is 0 Å². The maximum Gasteiger partial charge on any atom is 0.321 e. The summed E-state index contributed by atoms with van der Waals surface area (Å²) in [4.78, 5) is 22.9. The predicted molar refractivity (Wildman–Crippen MR) is 74.0 cm³/mol. The minimum atomic E-state index is -3.88. The summed E-state index contributed by atoms with van der Waals surface area (Å²) in [5.74, 6) is -3.22. The lowest BCUT2D eigenvalue weighted by molar-refractivity contribution is -0.139. The molecule has 5 nitrogen and oxygen atoms in total. The van der Waals surface area contributed by atoms with Crippen LogP contribution in [0.3, 0.4) is 0 Å². The fourth-order valence-electron chi connectivity index (χ4n) is 1.24. The molecule has 0 aromatic carbocycles. The predicted octanol–water partition coefficient (Wildman–Crippen LogP) is 2.22. The molecule has 106 valence electrons. The molecule has 0 saturated carbocycles. The molecule has 1 aromatic rings. The lowest BCUT2D eigenvalue weighted by atomic mass is 10.2. The molecule has 19 heavy (non-hydrogen) atoms. The largest absolute Gasteiger partial charge is 0.465 e. The van der Waals surface area contributed by atoms with Gasteiger partial charge in [-0.3, -0.25) is 9.59 Å². The fourth-order valence-corrected chi connectivity index (χ4v) is 3.84. The molecule has 1 heterocycles. The minimum absolute atomic E-state index is 0.0455.